The molecule has 4 heteroatoms. The molecular weight excluding hydrogens is 340 g/mol. The summed E-state index contributed by atoms with van der Waals surface area (Å²) in [6.45, 7) is 15.8. The Labute approximate surface area is 154 Å². The van der Waals surface area contributed by atoms with Crippen molar-refractivity contribution < 1.29 is 8.85 Å². The quantitative estimate of drug-likeness (QED) is 0.586. The largest absolute Gasteiger partial charge is 0.407 e. The highest BCUT2D eigenvalue weighted by Crippen LogP contribution is 2.53. The molecule has 0 saturated heterocycles. The van der Waals surface area contributed by atoms with Gasteiger partial charge < -0.3 is 8.85 Å². The minimum atomic E-state index is -1.79. The van der Waals surface area contributed by atoms with Crippen LogP contribution < -0.4 is 0 Å². The number of hydrogen-bond donors (Lipinski definition) is 0. The topological polar surface area (TPSA) is 18.5 Å². The van der Waals surface area contributed by atoms with Gasteiger partial charge in [-0.05, 0) is 68.5 Å². The summed E-state index contributed by atoms with van der Waals surface area (Å²) in [6, 6.07) is 17.3. The van der Waals surface area contributed by atoms with Gasteiger partial charge in [0.2, 0.25) is 0 Å². The van der Waals surface area contributed by atoms with Crippen LogP contribution in [0.5, 0.6) is 0 Å². The summed E-state index contributed by atoms with van der Waals surface area (Å²) in [6.07, 6.45) is -0.0722. The van der Waals surface area contributed by atoms with Gasteiger partial charge in [-0.2, -0.15) is 0 Å². The van der Waals surface area contributed by atoms with E-state index in [4.69, 9.17) is 8.85 Å². The molecule has 0 aliphatic heterocycles. The van der Waals surface area contributed by atoms with Gasteiger partial charge in [-0.1, -0.05) is 48.5 Å². The minimum absolute atomic E-state index is 0.0722. The maximum absolute atomic E-state index is 6.84. The fraction of sp³-hybridized carbons (Fsp3) is 0.429. The van der Waals surface area contributed by atoms with Crippen molar-refractivity contribution >= 4 is 16.6 Å². The molecule has 0 radical (unpaired) electrons. The number of rotatable bonds is 4. The van der Waals surface area contributed by atoms with Gasteiger partial charge in [0, 0.05) is 0 Å². The third-order valence-corrected chi connectivity index (χ3v) is 6.46. The lowest BCUT2D eigenvalue weighted by Gasteiger charge is -2.48. The first-order valence-electron chi connectivity index (χ1n) is 9.08. The Bertz CT molecular complexity index is 774. The average molecular weight is 371 g/mol. The van der Waals surface area contributed by atoms with E-state index in [2.05, 4.69) is 94.7 Å². The summed E-state index contributed by atoms with van der Waals surface area (Å²) in [5.74, 6) is 0. The molecule has 0 spiro atoms. The van der Waals surface area contributed by atoms with Crippen LogP contribution in [0.1, 0.15) is 24.2 Å². The normalized spacial score (nSPS) is 23.1. The molecule has 2 atom stereocenters. The van der Waals surface area contributed by atoms with E-state index in [1.54, 1.807) is 0 Å². The minimum Gasteiger partial charge on any atom is -0.407 e. The van der Waals surface area contributed by atoms with Crippen LogP contribution in [-0.2, 0) is 14.5 Å². The predicted molar refractivity (Wildman–Crippen MR) is 111 cm³/mol. The molecule has 0 unspecified atom stereocenters. The lowest BCUT2D eigenvalue weighted by Crippen LogP contribution is -2.48. The lowest BCUT2D eigenvalue weighted by atomic mass is 9.75. The van der Waals surface area contributed by atoms with E-state index in [0.29, 0.717) is 0 Å². The van der Waals surface area contributed by atoms with Crippen LogP contribution in [-0.4, -0.2) is 16.6 Å². The number of fused-ring (bicyclic) bond motifs is 3. The van der Waals surface area contributed by atoms with Crippen LogP contribution in [0.25, 0.3) is 11.1 Å². The Kier molecular flexibility index (Phi) is 4.61. The zero-order valence-electron chi connectivity index (χ0n) is 16.5. The highest BCUT2D eigenvalue weighted by molar-refractivity contribution is 6.70. The second-order valence-corrected chi connectivity index (χ2v) is 18.0. The molecular formula is C21H30O2Si2. The van der Waals surface area contributed by atoms with Crippen LogP contribution in [0.2, 0.25) is 39.3 Å². The Morgan fingerprint density at radius 3 is 1.92 bits per heavy atom. The molecule has 0 amide bonds. The Morgan fingerprint density at radius 1 is 0.760 bits per heavy atom. The monoisotopic (exact) mass is 370 g/mol. The summed E-state index contributed by atoms with van der Waals surface area (Å²) in [5, 5.41) is 0. The van der Waals surface area contributed by atoms with E-state index in [1.807, 2.05) is 0 Å². The maximum atomic E-state index is 6.84. The van der Waals surface area contributed by atoms with Crippen LogP contribution in [0.15, 0.2) is 48.5 Å². The van der Waals surface area contributed by atoms with Crippen molar-refractivity contribution in [2.75, 3.05) is 0 Å². The molecule has 0 heterocycles. The molecule has 1 aliphatic carbocycles. The fourth-order valence-corrected chi connectivity index (χ4v) is 6.38. The highest BCUT2D eigenvalue weighted by atomic mass is 28.4. The van der Waals surface area contributed by atoms with Gasteiger partial charge in [0.15, 0.2) is 16.6 Å². The molecule has 3 rings (SSSR count). The van der Waals surface area contributed by atoms with Crippen molar-refractivity contribution in [3.63, 3.8) is 0 Å². The van der Waals surface area contributed by atoms with Crippen LogP contribution >= 0.6 is 0 Å². The Morgan fingerprint density at radius 2 is 1.32 bits per heavy atom. The van der Waals surface area contributed by atoms with E-state index in [1.165, 1.54) is 22.3 Å². The van der Waals surface area contributed by atoms with Gasteiger partial charge in [0.25, 0.3) is 0 Å². The number of hydrogen-bond acceptors (Lipinski definition) is 2. The molecule has 2 aromatic rings. The van der Waals surface area contributed by atoms with Crippen molar-refractivity contribution in [3.8, 4) is 11.1 Å². The van der Waals surface area contributed by atoms with Crippen molar-refractivity contribution in [3.05, 3.63) is 59.7 Å². The first-order chi connectivity index (χ1) is 11.5. The van der Waals surface area contributed by atoms with Gasteiger partial charge in [-0.3, -0.25) is 0 Å². The van der Waals surface area contributed by atoms with E-state index in [0.717, 1.165) is 0 Å². The smallest absolute Gasteiger partial charge is 0.185 e. The summed E-state index contributed by atoms with van der Waals surface area (Å²) >= 11 is 0. The number of benzene rings is 2. The average Bonchev–Trinajstić information content (AvgIpc) is 2.49. The first kappa shape index (κ1) is 18.6. The van der Waals surface area contributed by atoms with Crippen molar-refractivity contribution in [2.45, 2.75) is 57.9 Å². The molecule has 0 aromatic heterocycles. The molecule has 0 bridgehead atoms. The van der Waals surface area contributed by atoms with Crippen LogP contribution in [0.3, 0.4) is 0 Å². The molecule has 2 aromatic carbocycles. The van der Waals surface area contributed by atoms with E-state index in [9.17, 15) is 0 Å². The van der Waals surface area contributed by atoms with Gasteiger partial charge >= 0.3 is 0 Å². The van der Waals surface area contributed by atoms with E-state index >= 15 is 0 Å². The summed E-state index contributed by atoms with van der Waals surface area (Å²) < 4.78 is 13.6. The summed E-state index contributed by atoms with van der Waals surface area (Å²) in [5.41, 5.74) is 4.59. The summed E-state index contributed by atoms with van der Waals surface area (Å²) in [7, 11) is -3.55. The zero-order chi connectivity index (χ0) is 18.5. The van der Waals surface area contributed by atoms with Gasteiger partial charge in [-0.25, -0.2) is 0 Å². The SMILES string of the molecule is C[C@@]1(O[Si](C)(C)C)c2ccccc2-c2ccccc2[C@@H]1O[Si](C)(C)C. The van der Waals surface area contributed by atoms with Crippen molar-refractivity contribution in [2.24, 2.45) is 0 Å². The molecule has 0 saturated carbocycles. The lowest BCUT2D eigenvalue weighted by molar-refractivity contribution is -0.0457. The highest BCUT2D eigenvalue weighted by Gasteiger charge is 2.48. The summed E-state index contributed by atoms with van der Waals surface area (Å²) in [4.78, 5) is 0. The molecule has 1 aliphatic rings. The Hall–Kier alpha value is -1.21. The van der Waals surface area contributed by atoms with E-state index in [-0.39, 0.29) is 6.10 Å². The van der Waals surface area contributed by atoms with E-state index < -0.39 is 22.2 Å². The van der Waals surface area contributed by atoms with Crippen molar-refractivity contribution in [1.29, 1.82) is 0 Å². The van der Waals surface area contributed by atoms with Gasteiger partial charge in [0.1, 0.15) is 11.7 Å². The first-order valence-corrected chi connectivity index (χ1v) is 15.9. The zero-order valence-corrected chi connectivity index (χ0v) is 18.5. The standard InChI is InChI=1S/C21H30O2Si2/c1-21(23-25(5,6)7)19-15-11-10-13-17(19)16-12-8-9-14-18(16)20(21)22-24(2,3)4/h8-15,20H,1-7H3/t20-,21+/m0/s1. The maximum Gasteiger partial charge on any atom is 0.185 e. The molecule has 0 N–H and O–H groups in total. The van der Waals surface area contributed by atoms with Gasteiger partial charge in [0.05, 0.1) is 0 Å². The fourth-order valence-electron chi connectivity index (χ4n) is 3.83. The molecule has 2 nitrogen and oxygen atoms in total. The van der Waals surface area contributed by atoms with Crippen molar-refractivity contribution in [1.82, 2.24) is 0 Å². The van der Waals surface area contributed by atoms with Crippen LogP contribution in [0.4, 0.5) is 0 Å². The Balaban J connectivity index is 2.26. The third-order valence-electron chi connectivity index (χ3n) is 4.49. The second kappa shape index (κ2) is 6.20. The molecule has 134 valence electrons. The molecule has 0 fully saturated rings. The van der Waals surface area contributed by atoms with Gasteiger partial charge in [-0.15, -0.1) is 0 Å². The van der Waals surface area contributed by atoms with Crippen LogP contribution in [0, 0.1) is 0 Å². The predicted octanol–water partition coefficient (Wildman–Crippen LogP) is 6.33. The third kappa shape index (κ3) is 3.67. The molecule has 25 heavy (non-hydrogen) atoms. The second-order valence-electron chi connectivity index (χ2n) is 9.06.